The maximum atomic E-state index is 13.7. The van der Waals surface area contributed by atoms with Gasteiger partial charge in [0.1, 0.15) is 0 Å². The zero-order valence-electron chi connectivity index (χ0n) is 9.10. The average molecular weight is 240 g/mol. The summed E-state index contributed by atoms with van der Waals surface area (Å²) in [5.74, 6) is -0.351. The summed E-state index contributed by atoms with van der Waals surface area (Å²) >= 11 is 6.15. The van der Waals surface area contributed by atoms with Gasteiger partial charge < -0.3 is 4.74 Å². The van der Waals surface area contributed by atoms with Gasteiger partial charge in [-0.25, -0.2) is 4.39 Å². The monoisotopic (exact) mass is 239 g/mol. The van der Waals surface area contributed by atoms with Crippen LogP contribution in [-0.2, 0) is 5.41 Å². The van der Waals surface area contributed by atoms with Crippen molar-refractivity contribution in [2.75, 3.05) is 7.11 Å². The van der Waals surface area contributed by atoms with E-state index in [0.29, 0.717) is 29.0 Å². The van der Waals surface area contributed by atoms with Crippen molar-refractivity contribution in [1.29, 1.82) is 5.26 Å². The molecule has 2 nitrogen and oxygen atoms in total. The number of hydrogen-bond acceptors (Lipinski definition) is 2. The normalized spacial score (nSPS) is 16.7. The molecule has 1 saturated carbocycles. The minimum Gasteiger partial charge on any atom is -0.493 e. The Bertz CT molecular complexity index is 489. The van der Waals surface area contributed by atoms with Gasteiger partial charge >= 0.3 is 0 Å². The zero-order valence-corrected chi connectivity index (χ0v) is 9.86. The third kappa shape index (κ3) is 1.45. The lowest BCUT2D eigenvalue weighted by Crippen LogP contribution is -2.09. The third-order valence-corrected chi connectivity index (χ3v) is 3.49. The molecule has 0 aliphatic heterocycles. The lowest BCUT2D eigenvalue weighted by atomic mass is 9.94. The van der Waals surface area contributed by atoms with Crippen LogP contribution in [0.2, 0.25) is 5.02 Å². The molecule has 1 aliphatic carbocycles. The largest absolute Gasteiger partial charge is 0.493 e. The van der Waals surface area contributed by atoms with Crippen LogP contribution in [0.4, 0.5) is 4.39 Å². The van der Waals surface area contributed by atoms with E-state index in [1.165, 1.54) is 13.2 Å². The molecule has 4 heteroatoms. The van der Waals surface area contributed by atoms with E-state index in [-0.39, 0.29) is 5.75 Å². The van der Waals surface area contributed by atoms with E-state index in [2.05, 4.69) is 6.07 Å². The summed E-state index contributed by atoms with van der Waals surface area (Å²) in [4.78, 5) is 0. The lowest BCUT2D eigenvalue weighted by Gasteiger charge is -2.16. The maximum absolute atomic E-state index is 13.7. The first kappa shape index (κ1) is 11.2. The zero-order chi connectivity index (χ0) is 11.9. The molecule has 0 saturated heterocycles. The number of rotatable bonds is 2. The van der Waals surface area contributed by atoms with Crippen LogP contribution in [0, 0.1) is 24.1 Å². The molecule has 0 aromatic heterocycles. The van der Waals surface area contributed by atoms with E-state index in [9.17, 15) is 4.39 Å². The molecule has 1 aromatic carbocycles. The Hall–Kier alpha value is -1.27. The molecule has 16 heavy (non-hydrogen) atoms. The maximum Gasteiger partial charge on any atom is 0.165 e. The van der Waals surface area contributed by atoms with Gasteiger partial charge in [0.2, 0.25) is 0 Å². The second-order valence-electron chi connectivity index (χ2n) is 4.09. The highest BCUT2D eigenvalue weighted by atomic mass is 35.5. The molecule has 0 amide bonds. The van der Waals surface area contributed by atoms with Crippen LogP contribution in [0.15, 0.2) is 6.07 Å². The van der Waals surface area contributed by atoms with Crippen LogP contribution < -0.4 is 4.74 Å². The summed E-state index contributed by atoms with van der Waals surface area (Å²) in [5, 5.41) is 9.59. The van der Waals surface area contributed by atoms with Crippen molar-refractivity contribution in [1.82, 2.24) is 0 Å². The summed E-state index contributed by atoms with van der Waals surface area (Å²) in [7, 11) is 1.39. The summed E-state index contributed by atoms with van der Waals surface area (Å²) < 4.78 is 18.7. The molecular formula is C12H11ClFNO. The standard InChI is InChI=1S/C12H11ClFNO/c1-7-5-8(14)11(16-2)9(10(7)13)12(6-15)3-4-12/h5H,3-4H2,1-2H3. The fraction of sp³-hybridized carbons (Fsp3) is 0.417. The van der Waals surface area contributed by atoms with Crippen molar-refractivity contribution in [3.8, 4) is 11.8 Å². The van der Waals surface area contributed by atoms with Gasteiger partial charge in [-0.2, -0.15) is 5.26 Å². The van der Waals surface area contributed by atoms with Crippen molar-refractivity contribution in [3.63, 3.8) is 0 Å². The quantitative estimate of drug-likeness (QED) is 0.793. The summed E-state index contributed by atoms with van der Waals surface area (Å²) in [5.41, 5.74) is 0.503. The van der Waals surface area contributed by atoms with Crippen molar-refractivity contribution >= 4 is 11.6 Å². The molecular weight excluding hydrogens is 229 g/mol. The molecule has 0 spiro atoms. The van der Waals surface area contributed by atoms with Crippen molar-refractivity contribution < 1.29 is 9.13 Å². The van der Waals surface area contributed by atoms with Crippen LogP contribution in [0.1, 0.15) is 24.0 Å². The van der Waals surface area contributed by atoms with Gasteiger partial charge in [0.25, 0.3) is 0 Å². The van der Waals surface area contributed by atoms with Crippen LogP contribution in [0.3, 0.4) is 0 Å². The minimum atomic E-state index is -0.644. The molecule has 1 aliphatic rings. The highest BCUT2D eigenvalue weighted by Gasteiger charge is 2.49. The number of benzene rings is 1. The molecule has 0 heterocycles. The Morgan fingerprint density at radius 2 is 2.19 bits per heavy atom. The topological polar surface area (TPSA) is 33.0 Å². The Kier molecular flexibility index (Phi) is 2.55. The van der Waals surface area contributed by atoms with Gasteiger partial charge in [0.05, 0.1) is 23.6 Å². The fourth-order valence-electron chi connectivity index (χ4n) is 1.90. The van der Waals surface area contributed by atoms with Gasteiger partial charge in [-0.15, -0.1) is 0 Å². The van der Waals surface area contributed by atoms with Crippen molar-refractivity contribution in [2.24, 2.45) is 0 Å². The number of halogens is 2. The molecule has 0 N–H and O–H groups in total. The molecule has 2 rings (SSSR count). The highest BCUT2D eigenvalue weighted by molar-refractivity contribution is 6.32. The molecule has 0 radical (unpaired) electrons. The summed E-state index contributed by atoms with van der Waals surface area (Å²) in [6.45, 7) is 1.72. The van der Waals surface area contributed by atoms with E-state index in [0.717, 1.165) is 0 Å². The van der Waals surface area contributed by atoms with Crippen LogP contribution >= 0.6 is 11.6 Å². The van der Waals surface area contributed by atoms with Crippen molar-refractivity contribution in [3.05, 3.63) is 28.0 Å². The van der Waals surface area contributed by atoms with Gasteiger partial charge in [-0.1, -0.05) is 11.6 Å². The number of aryl methyl sites for hydroxylation is 1. The van der Waals surface area contributed by atoms with Crippen molar-refractivity contribution in [2.45, 2.75) is 25.2 Å². The predicted octanol–water partition coefficient (Wildman–Crippen LogP) is 3.35. The van der Waals surface area contributed by atoms with Gasteiger partial charge in [-0.05, 0) is 31.4 Å². The second-order valence-corrected chi connectivity index (χ2v) is 4.47. The third-order valence-electron chi connectivity index (χ3n) is 3.00. The van der Waals surface area contributed by atoms with Crippen LogP contribution in [-0.4, -0.2) is 7.11 Å². The number of ether oxygens (including phenoxy) is 1. The van der Waals surface area contributed by atoms with Crippen LogP contribution in [0.5, 0.6) is 5.75 Å². The Labute approximate surface area is 98.6 Å². The minimum absolute atomic E-state index is 0.106. The first-order valence-corrected chi connectivity index (χ1v) is 5.38. The number of nitrogens with zero attached hydrogens (tertiary/aromatic N) is 1. The van der Waals surface area contributed by atoms with E-state index < -0.39 is 11.2 Å². The SMILES string of the molecule is COc1c(F)cc(C)c(Cl)c1C1(C#N)CC1. The molecule has 0 atom stereocenters. The Morgan fingerprint density at radius 3 is 2.62 bits per heavy atom. The van der Waals surface area contributed by atoms with Gasteiger partial charge in [0.15, 0.2) is 11.6 Å². The summed E-state index contributed by atoms with van der Waals surface area (Å²) in [6.07, 6.45) is 1.42. The Morgan fingerprint density at radius 1 is 1.56 bits per heavy atom. The predicted molar refractivity (Wildman–Crippen MR) is 59.2 cm³/mol. The first-order chi connectivity index (χ1) is 7.55. The van der Waals surface area contributed by atoms with E-state index in [1.54, 1.807) is 6.92 Å². The number of nitriles is 1. The van der Waals surface area contributed by atoms with Gasteiger partial charge in [0, 0.05) is 5.56 Å². The first-order valence-electron chi connectivity index (χ1n) is 5.00. The molecule has 84 valence electrons. The molecule has 0 unspecified atom stereocenters. The fourth-order valence-corrected chi connectivity index (χ4v) is 2.23. The molecule has 1 fully saturated rings. The second kappa shape index (κ2) is 3.64. The summed E-state index contributed by atoms with van der Waals surface area (Å²) in [6, 6.07) is 3.54. The number of hydrogen-bond donors (Lipinski definition) is 0. The smallest absolute Gasteiger partial charge is 0.165 e. The molecule has 1 aromatic rings. The van der Waals surface area contributed by atoms with E-state index in [4.69, 9.17) is 21.6 Å². The lowest BCUT2D eigenvalue weighted by molar-refractivity contribution is 0.379. The number of methoxy groups -OCH3 is 1. The Balaban J connectivity index is 2.72. The average Bonchev–Trinajstić information content (AvgIpc) is 3.03. The van der Waals surface area contributed by atoms with Crippen LogP contribution in [0.25, 0.3) is 0 Å². The molecule has 0 bridgehead atoms. The van der Waals surface area contributed by atoms with Gasteiger partial charge in [-0.3, -0.25) is 0 Å². The van der Waals surface area contributed by atoms with E-state index in [1.807, 2.05) is 0 Å². The van der Waals surface area contributed by atoms with E-state index >= 15 is 0 Å². The highest BCUT2D eigenvalue weighted by Crippen LogP contribution is 2.54.